The molecule has 0 aliphatic carbocycles. The van der Waals surface area contributed by atoms with Gasteiger partial charge in [-0.15, -0.1) is 0 Å². The molecule has 0 saturated carbocycles. The van der Waals surface area contributed by atoms with Gasteiger partial charge in [0, 0.05) is 16.3 Å². The van der Waals surface area contributed by atoms with Crippen molar-refractivity contribution in [3.8, 4) is 0 Å². The molecular weight excluding hydrogens is 448 g/mol. The number of benzene rings is 3. The molecule has 0 unspecified atom stereocenters. The minimum Gasteiger partial charge on any atom is -0.465 e. The average Bonchev–Trinajstić information content (AvgIpc) is 2.83. The summed E-state index contributed by atoms with van der Waals surface area (Å²) >= 11 is 5.84. The highest BCUT2D eigenvalue weighted by Crippen LogP contribution is 2.18. The van der Waals surface area contributed by atoms with E-state index in [1.807, 2.05) is 0 Å². The SMILES string of the molecule is COC(=O)c1ccc(NC(=O)COC(=O)c2ccccc2NC(=O)c2ccc(Cl)cc2)cc1. The van der Waals surface area contributed by atoms with E-state index in [4.69, 9.17) is 16.3 Å². The third-order valence-corrected chi connectivity index (χ3v) is 4.68. The molecule has 0 fully saturated rings. The van der Waals surface area contributed by atoms with E-state index >= 15 is 0 Å². The van der Waals surface area contributed by atoms with Crippen molar-refractivity contribution in [3.63, 3.8) is 0 Å². The fraction of sp³-hybridized carbons (Fsp3) is 0.0833. The van der Waals surface area contributed by atoms with Crippen LogP contribution >= 0.6 is 11.6 Å². The summed E-state index contributed by atoms with van der Waals surface area (Å²) in [6.45, 7) is -0.545. The van der Waals surface area contributed by atoms with Crippen molar-refractivity contribution in [1.82, 2.24) is 0 Å². The molecule has 0 radical (unpaired) electrons. The van der Waals surface area contributed by atoms with E-state index in [2.05, 4.69) is 15.4 Å². The van der Waals surface area contributed by atoms with Crippen LogP contribution in [0.4, 0.5) is 11.4 Å². The van der Waals surface area contributed by atoms with E-state index in [0.717, 1.165) is 0 Å². The Morgan fingerprint density at radius 2 is 1.42 bits per heavy atom. The summed E-state index contributed by atoms with van der Waals surface area (Å²) < 4.78 is 9.70. The van der Waals surface area contributed by atoms with Gasteiger partial charge in [0.1, 0.15) is 0 Å². The van der Waals surface area contributed by atoms with Crippen molar-refractivity contribution in [2.45, 2.75) is 0 Å². The Labute approximate surface area is 194 Å². The molecule has 33 heavy (non-hydrogen) atoms. The number of hydrogen-bond donors (Lipinski definition) is 2. The molecular formula is C24H19ClN2O6. The molecule has 3 rings (SSSR count). The van der Waals surface area contributed by atoms with E-state index in [-0.39, 0.29) is 11.3 Å². The zero-order valence-electron chi connectivity index (χ0n) is 17.5. The zero-order chi connectivity index (χ0) is 23.8. The van der Waals surface area contributed by atoms with Gasteiger partial charge in [-0.3, -0.25) is 9.59 Å². The number of amides is 2. The van der Waals surface area contributed by atoms with Gasteiger partial charge in [-0.05, 0) is 60.7 Å². The number of anilines is 2. The number of esters is 2. The second-order valence-corrected chi connectivity index (χ2v) is 7.14. The Bertz CT molecular complexity index is 1180. The molecule has 3 aromatic carbocycles. The van der Waals surface area contributed by atoms with E-state index in [1.54, 1.807) is 42.5 Å². The van der Waals surface area contributed by atoms with Gasteiger partial charge in [-0.1, -0.05) is 23.7 Å². The highest BCUT2D eigenvalue weighted by molar-refractivity contribution is 6.30. The second-order valence-electron chi connectivity index (χ2n) is 6.70. The smallest absolute Gasteiger partial charge is 0.340 e. The minimum atomic E-state index is -0.779. The minimum absolute atomic E-state index is 0.0926. The van der Waals surface area contributed by atoms with E-state index in [0.29, 0.717) is 21.8 Å². The molecule has 2 N–H and O–H groups in total. The Morgan fingerprint density at radius 3 is 2.09 bits per heavy atom. The van der Waals surface area contributed by atoms with Crippen LogP contribution in [0.5, 0.6) is 0 Å². The van der Waals surface area contributed by atoms with Crippen LogP contribution in [0.2, 0.25) is 5.02 Å². The lowest BCUT2D eigenvalue weighted by atomic mass is 10.1. The molecule has 0 bridgehead atoms. The summed E-state index contributed by atoms with van der Waals surface area (Å²) in [6.07, 6.45) is 0. The lowest BCUT2D eigenvalue weighted by Gasteiger charge is -2.11. The van der Waals surface area contributed by atoms with Crippen molar-refractivity contribution in [2.75, 3.05) is 24.4 Å². The van der Waals surface area contributed by atoms with Gasteiger partial charge in [0.15, 0.2) is 6.61 Å². The zero-order valence-corrected chi connectivity index (χ0v) is 18.2. The molecule has 0 heterocycles. The molecule has 168 valence electrons. The van der Waals surface area contributed by atoms with Crippen molar-refractivity contribution in [3.05, 3.63) is 94.5 Å². The topological polar surface area (TPSA) is 111 Å². The van der Waals surface area contributed by atoms with Crippen molar-refractivity contribution in [2.24, 2.45) is 0 Å². The summed E-state index contributed by atoms with van der Waals surface area (Å²) in [5.74, 6) is -2.28. The molecule has 9 heteroatoms. The predicted molar refractivity (Wildman–Crippen MR) is 123 cm³/mol. The Kier molecular flexibility index (Phi) is 7.77. The first-order valence-electron chi connectivity index (χ1n) is 9.68. The fourth-order valence-electron chi connectivity index (χ4n) is 2.78. The van der Waals surface area contributed by atoms with Crippen molar-refractivity contribution < 1.29 is 28.7 Å². The monoisotopic (exact) mass is 466 g/mol. The van der Waals surface area contributed by atoms with Gasteiger partial charge in [0.2, 0.25) is 0 Å². The Balaban J connectivity index is 1.59. The largest absolute Gasteiger partial charge is 0.465 e. The maximum absolute atomic E-state index is 12.5. The maximum Gasteiger partial charge on any atom is 0.340 e. The lowest BCUT2D eigenvalue weighted by molar-refractivity contribution is -0.119. The number of rotatable bonds is 7. The first-order valence-corrected chi connectivity index (χ1v) is 10.1. The third kappa shape index (κ3) is 6.41. The van der Waals surface area contributed by atoms with E-state index < -0.39 is 30.4 Å². The van der Waals surface area contributed by atoms with Gasteiger partial charge >= 0.3 is 11.9 Å². The number of carbonyl (C=O) groups is 4. The third-order valence-electron chi connectivity index (χ3n) is 4.43. The van der Waals surface area contributed by atoms with Gasteiger partial charge in [-0.2, -0.15) is 0 Å². The second kappa shape index (κ2) is 10.9. The number of carbonyl (C=O) groups excluding carboxylic acids is 4. The number of methoxy groups -OCH3 is 1. The van der Waals surface area contributed by atoms with Gasteiger partial charge in [0.25, 0.3) is 11.8 Å². The van der Waals surface area contributed by atoms with Crippen LogP contribution in [-0.2, 0) is 14.3 Å². The molecule has 8 nitrogen and oxygen atoms in total. The normalized spacial score (nSPS) is 10.1. The molecule has 0 atom stereocenters. The van der Waals surface area contributed by atoms with Crippen molar-refractivity contribution in [1.29, 1.82) is 0 Å². The fourth-order valence-corrected chi connectivity index (χ4v) is 2.91. The number of ether oxygens (including phenoxy) is 2. The van der Waals surface area contributed by atoms with Crippen LogP contribution in [0.3, 0.4) is 0 Å². The van der Waals surface area contributed by atoms with E-state index in [9.17, 15) is 19.2 Å². The van der Waals surface area contributed by atoms with Crippen LogP contribution in [0.1, 0.15) is 31.1 Å². The van der Waals surface area contributed by atoms with Crippen molar-refractivity contribution >= 4 is 46.7 Å². The van der Waals surface area contributed by atoms with Gasteiger partial charge in [0.05, 0.1) is 23.9 Å². The Morgan fingerprint density at radius 1 is 0.788 bits per heavy atom. The molecule has 0 aromatic heterocycles. The summed E-state index contributed by atoms with van der Waals surface area (Å²) in [5.41, 5.74) is 1.44. The average molecular weight is 467 g/mol. The predicted octanol–water partition coefficient (Wildman–Crippen LogP) is 4.17. The Hall–Kier alpha value is -4.17. The quantitative estimate of drug-likeness (QED) is 0.505. The van der Waals surface area contributed by atoms with Crippen LogP contribution < -0.4 is 10.6 Å². The maximum atomic E-state index is 12.5. The lowest BCUT2D eigenvalue weighted by Crippen LogP contribution is -2.22. The van der Waals surface area contributed by atoms with Crippen LogP contribution in [0.25, 0.3) is 0 Å². The molecule has 2 amide bonds. The van der Waals surface area contributed by atoms with Crippen LogP contribution in [-0.4, -0.2) is 37.5 Å². The molecule has 3 aromatic rings. The number of para-hydroxylation sites is 1. The highest BCUT2D eigenvalue weighted by Gasteiger charge is 2.17. The van der Waals surface area contributed by atoms with Crippen LogP contribution in [0.15, 0.2) is 72.8 Å². The first-order chi connectivity index (χ1) is 15.9. The summed E-state index contributed by atoms with van der Waals surface area (Å²) in [6, 6.07) is 18.6. The summed E-state index contributed by atoms with van der Waals surface area (Å²) in [5, 5.41) is 5.70. The summed E-state index contributed by atoms with van der Waals surface area (Å²) in [7, 11) is 1.27. The number of halogens is 1. The summed E-state index contributed by atoms with van der Waals surface area (Å²) in [4.78, 5) is 48.6. The first kappa shape index (κ1) is 23.5. The number of nitrogens with one attached hydrogen (secondary N) is 2. The van der Waals surface area contributed by atoms with Crippen LogP contribution in [0, 0.1) is 0 Å². The molecule has 0 spiro atoms. The van der Waals surface area contributed by atoms with E-state index in [1.165, 1.54) is 37.4 Å². The molecule has 0 aliphatic heterocycles. The molecule has 0 saturated heterocycles. The molecule has 0 aliphatic rings. The van der Waals surface area contributed by atoms with Gasteiger partial charge in [-0.25, -0.2) is 9.59 Å². The highest BCUT2D eigenvalue weighted by atomic mass is 35.5. The van der Waals surface area contributed by atoms with Gasteiger partial charge < -0.3 is 20.1 Å². The number of hydrogen-bond acceptors (Lipinski definition) is 6. The standard InChI is InChI=1S/C24H19ClN2O6/c1-32-23(30)16-8-12-18(13-9-16)26-21(28)14-33-24(31)19-4-2-3-5-20(19)27-22(29)15-6-10-17(25)11-7-15/h2-13H,14H2,1H3,(H,26,28)(H,27,29).